The van der Waals surface area contributed by atoms with Crippen molar-refractivity contribution in [1.29, 1.82) is 0 Å². The van der Waals surface area contributed by atoms with E-state index in [1.807, 2.05) is 20.8 Å². The number of hydrogen-bond donors (Lipinski definition) is 1. The van der Waals surface area contributed by atoms with Crippen LogP contribution in [0.15, 0.2) is 53.0 Å². The molecule has 2 aromatic rings. The molecule has 118 valence electrons. The molecule has 23 heavy (non-hydrogen) atoms. The van der Waals surface area contributed by atoms with Gasteiger partial charge in [-0.25, -0.2) is 0 Å². The normalized spacial score (nSPS) is 15.8. The van der Waals surface area contributed by atoms with E-state index in [9.17, 15) is 9.59 Å². The Hall–Kier alpha value is -2.82. The fourth-order valence-electron chi connectivity index (χ4n) is 2.72. The number of rotatable bonds is 2. The number of nitrogens with two attached hydrogens (primary N) is 1. The van der Waals surface area contributed by atoms with Gasteiger partial charge in [-0.3, -0.25) is 14.2 Å². The molecule has 1 amide bonds. The number of carbonyl (C=O) groups excluding carboxylic acids is 1. The Balaban J connectivity index is 2.35. The first-order valence-electron chi connectivity index (χ1n) is 7.34. The Kier molecular flexibility index (Phi) is 3.36. The highest BCUT2D eigenvalue weighted by molar-refractivity contribution is 5.94. The van der Waals surface area contributed by atoms with Crippen molar-refractivity contribution in [3.63, 3.8) is 0 Å². The average Bonchev–Trinajstić information content (AvgIpc) is 2.49. The van der Waals surface area contributed by atoms with Gasteiger partial charge in [-0.1, -0.05) is 6.07 Å². The number of pyridine rings is 1. The first kappa shape index (κ1) is 15.1. The van der Waals surface area contributed by atoms with Crippen LogP contribution < -0.4 is 16.0 Å². The van der Waals surface area contributed by atoms with E-state index < -0.39 is 11.5 Å². The Morgan fingerprint density at radius 2 is 1.96 bits per heavy atom. The van der Waals surface area contributed by atoms with Crippen LogP contribution in [-0.4, -0.2) is 16.1 Å². The van der Waals surface area contributed by atoms with Crippen LogP contribution in [0.2, 0.25) is 0 Å². The molecule has 0 unspecified atom stereocenters. The first-order valence-corrected chi connectivity index (χ1v) is 7.34. The summed E-state index contributed by atoms with van der Waals surface area (Å²) in [5.74, 6) is 0.103. The lowest BCUT2D eigenvalue weighted by molar-refractivity contribution is 0.1000. The predicted molar refractivity (Wildman–Crippen MR) is 88.4 cm³/mol. The molecule has 0 fully saturated rings. The highest BCUT2D eigenvalue weighted by atomic mass is 16.5. The van der Waals surface area contributed by atoms with E-state index in [4.69, 9.17) is 10.5 Å². The van der Waals surface area contributed by atoms with Crippen LogP contribution >= 0.6 is 0 Å². The molecule has 5 nitrogen and oxygen atoms in total. The standard InChI is InChI=1S/C18H18N2O3/c1-11-16(20-9-5-4-6-15(20)21)13-10-12(17(19)22)7-8-14(13)23-18(11,2)3/h4-10H,1-3H3,(H2,19,22). The van der Waals surface area contributed by atoms with Gasteiger partial charge in [0.25, 0.3) is 5.56 Å². The van der Waals surface area contributed by atoms with Crippen LogP contribution in [0.1, 0.15) is 36.7 Å². The van der Waals surface area contributed by atoms with Crippen LogP contribution in [0, 0.1) is 0 Å². The van der Waals surface area contributed by atoms with E-state index in [0.717, 1.165) is 11.3 Å². The summed E-state index contributed by atoms with van der Waals surface area (Å²) in [4.78, 5) is 23.8. The number of amides is 1. The van der Waals surface area contributed by atoms with Crippen LogP contribution in [0.25, 0.3) is 5.70 Å². The smallest absolute Gasteiger partial charge is 0.255 e. The van der Waals surface area contributed by atoms with E-state index in [1.54, 1.807) is 41.1 Å². The zero-order chi connectivity index (χ0) is 16.8. The van der Waals surface area contributed by atoms with Gasteiger partial charge < -0.3 is 10.5 Å². The summed E-state index contributed by atoms with van der Waals surface area (Å²) >= 11 is 0. The van der Waals surface area contributed by atoms with E-state index in [1.165, 1.54) is 6.07 Å². The Bertz CT molecular complexity index is 891. The van der Waals surface area contributed by atoms with Crippen LogP contribution in [0.5, 0.6) is 5.75 Å². The summed E-state index contributed by atoms with van der Waals surface area (Å²) in [6, 6.07) is 10.0. The molecule has 0 bridgehead atoms. The highest BCUT2D eigenvalue weighted by Crippen LogP contribution is 2.41. The van der Waals surface area contributed by atoms with Crippen LogP contribution in [-0.2, 0) is 0 Å². The molecule has 0 saturated heterocycles. The van der Waals surface area contributed by atoms with Gasteiger partial charge in [0.15, 0.2) is 0 Å². The number of ether oxygens (including phenoxy) is 1. The lowest BCUT2D eigenvalue weighted by atomic mass is 9.90. The first-order chi connectivity index (χ1) is 10.8. The summed E-state index contributed by atoms with van der Waals surface area (Å²) in [5.41, 5.74) is 7.37. The van der Waals surface area contributed by atoms with Gasteiger partial charge in [0.1, 0.15) is 11.4 Å². The van der Waals surface area contributed by atoms with E-state index in [2.05, 4.69) is 0 Å². The van der Waals surface area contributed by atoms with Crippen LogP contribution in [0.3, 0.4) is 0 Å². The lowest BCUT2D eigenvalue weighted by Crippen LogP contribution is -2.36. The monoisotopic (exact) mass is 310 g/mol. The number of hydrogen-bond acceptors (Lipinski definition) is 3. The maximum atomic E-state index is 12.3. The van der Waals surface area contributed by atoms with Crippen molar-refractivity contribution in [2.75, 3.05) is 0 Å². The zero-order valence-corrected chi connectivity index (χ0v) is 13.3. The maximum Gasteiger partial charge on any atom is 0.255 e. The van der Waals surface area contributed by atoms with E-state index in [0.29, 0.717) is 16.9 Å². The van der Waals surface area contributed by atoms with Gasteiger partial charge in [-0.05, 0) is 50.6 Å². The van der Waals surface area contributed by atoms with Gasteiger partial charge in [0.2, 0.25) is 5.91 Å². The van der Waals surface area contributed by atoms with E-state index >= 15 is 0 Å². The fourth-order valence-corrected chi connectivity index (χ4v) is 2.72. The lowest BCUT2D eigenvalue weighted by Gasteiger charge is -2.36. The second kappa shape index (κ2) is 5.12. The summed E-state index contributed by atoms with van der Waals surface area (Å²) in [6.07, 6.45) is 1.71. The molecular weight excluding hydrogens is 292 g/mol. The second-order valence-corrected chi connectivity index (χ2v) is 6.07. The molecule has 0 atom stereocenters. The largest absolute Gasteiger partial charge is 0.483 e. The quantitative estimate of drug-likeness (QED) is 0.925. The Labute approximate surface area is 134 Å². The topological polar surface area (TPSA) is 74.3 Å². The Morgan fingerprint density at radius 1 is 1.22 bits per heavy atom. The molecule has 0 aliphatic carbocycles. The summed E-state index contributed by atoms with van der Waals surface area (Å²) in [6.45, 7) is 5.82. The Morgan fingerprint density at radius 3 is 2.61 bits per heavy atom. The zero-order valence-electron chi connectivity index (χ0n) is 13.3. The van der Waals surface area contributed by atoms with Gasteiger partial charge in [0.05, 0.1) is 5.70 Å². The number of fused-ring (bicyclic) bond motifs is 1. The molecule has 0 spiro atoms. The molecule has 2 heterocycles. The predicted octanol–water partition coefficient (Wildman–Crippen LogP) is 2.40. The summed E-state index contributed by atoms with van der Waals surface area (Å²) in [5, 5.41) is 0. The van der Waals surface area contributed by atoms with Gasteiger partial charge in [-0.15, -0.1) is 0 Å². The third-order valence-electron chi connectivity index (χ3n) is 4.21. The van der Waals surface area contributed by atoms with Crippen molar-refractivity contribution >= 4 is 11.6 Å². The highest BCUT2D eigenvalue weighted by Gasteiger charge is 2.33. The molecule has 0 saturated carbocycles. The van der Waals surface area contributed by atoms with E-state index in [-0.39, 0.29) is 5.56 Å². The van der Waals surface area contributed by atoms with Gasteiger partial charge in [0, 0.05) is 23.4 Å². The minimum atomic E-state index is -0.564. The molecule has 1 aromatic carbocycles. The molecule has 1 aliphatic rings. The summed E-state index contributed by atoms with van der Waals surface area (Å²) in [7, 11) is 0. The van der Waals surface area contributed by atoms with Crippen molar-refractivity contribution in [3.8, 4) is 5.75 Å². The summed E-state index contributed by atoms with van der Waals surface area (Å²) < 4.78 is 7.61. The number of aromatic nitrogens is 1. The number of carbonyl (C=O) groups is 1. The molecule has 1 aromatic heterocycles. The molecule has 0 radical (unpaired) electrons. The molecule has 1 aliphatic heterocycles. The van der Waals surface area contributed by atoms with Crippen molar-refractivity contribution < 1.29 is 9.53 Å². The maximum absolute atomic E-state index is 12.3. The van der Waals surface area contributed by atoms with Crippen molar-refractivity contribution in [2.45, 2.75) is 26.4 Å². The third kappa shape index (κ3) is 2.44. The van der Waals surface area contributed by atoms with Gasteiger partial charge in [-0.2, -0.15) is 0 Å². The molecule has 3 rings (SSSR count). The van der Waals surface area contributed by atoms with Gasteiger partial charge >= 0.3 is 0 Å². The van der Waals surface area contributed by atoms with Crippen molar-refractivity contribution in [1.82, 2.24) is 4.57 Å². The number of nitrogens with zero attached hydrogens (tertiary/aromatic N) is 1. The number of benzene rings is 1. The number of primary amides is 1. The van der Waals surface area contributed by atoms with Crippen molar-refractivity contribution in [3.05, 3.63) is 69.6 Å². The SMILES string of the molecule is CC1=C(n2ccccc2=O)c2cc(C(N)=O)ccc2OC1(C)C. The molecular formula is C18H18N2O3. The average molecular weight is 310 g/mol. The minimum Gasteiger partial charge on any atom is -0.483 e. The minimum absolute atomic E-state index is 0.144. The fraction of sp³-hybridized carbons (Fsp3) is 0.222. The third-order valence-corrected chi connectivity index (χ3v) is 4.21. The molecule has 2 N–H and O–H groups in total. The van der Waals surface area contributed by atoms with Crippen LogP contribution in [0.4, 0.5) is 0 Å². The molecule has 5 heteroatoms. The second-order valence-electron chi connectivity index (χ2n) is 6.07. The van der Waals surface area contributed by atoms with Crippen molar-refractivity contribution in [2.24, 2.45) is 5.73 Å².